The topological polar surface area (TPSA) is 24.1 Å². The first kappa shape index (κ1) is 32.9. The molecule has 0 aliphatic heterocycles. The maximum atomic E-state index is 3.87. The fourth-order valence-electron chi connectivity index (χ4n) is 7.90. The summed E-state index contributed by atoms with van der Waals surface area (Å²) in [5.41, 5.74) is 13.1. The molecule has 0 bridgehead atoms. The maximum absolute atomic E-state index is 3.87. The van der Waals surface area contributed by atoms with Crippen LogP contribution >= 0.6 is 11.3 Å². The van der Waals surface area contributed by atoms with Crippen molar-refractivity contribution in [2.45, 2.75) is 12.5 Å². The summed E-state index contributed by atoms with van der Waals surface area (Å²) in [6.07, 6.45) is 7.63. The van der Waals surface area contributed by atoms with Gasteiger partial charge in [-0.3, -0.25) is 0 Å². The van der Waals surface area contributed by atoms with E-state index in [9.17, 15) is 0 Å². The quantitative estimate of drug-likeness (QED) is 0.163. The standard InChI is InChI=1S/C52H38N2S/c1-2-10-43(11-3-1)53-49-15-7-4-12-45(49)37-22-18-35(19-23-37)36-20-24-38(25-21-36)46-13-5-8-16-50(46)54-44-30-28-40-32-39(26-27-41(40)33-44)42-29-31-52-48(34-42)47-14-6-9-17-51(47)55-52/h1-15,17-34,50,53-54H,16H2. The SMILES string of the molecule is C1=CCC(Nc2ccc3cc(-c4ccc5sc6ccccc6c5c4)ccc3c2)C(c2ccc(-c3ccc(-c4ccccc4Nc4ccccc4)cc3)cc2)=C1. The summed E-state index contributed by atoms with van der Waals surface area (Å²) in [6.45, 7) is 0. The molecule has 3 heteroatoms. The molecule has 1 heterocycles. The Bertz CT molecular complexity index is 2880. The average Bonchev–Trinajstić information content (AvgIpc) is 3.63. The van der Waals surface area contributed by atoms with Crippen molar-refractivity contribution >= 4 is 64.9 Å². The molecule has 0 spiro atoms. The molecule has 1 unspecified atom stereocenters. The Kier molecular flexibility index (Phi) is 8.55. The zero-order chi connectivity index (χ0) is 36.6. The molecule has 1 atom stereocenters. The first-order chi connectivity index (χ1) is 27.2. The van der Waals surface area contributed by atoms with E-state index in [1.165, 1.54) is 75.5 Å². The fraction of sp³-hybridized carbons (Fsp3) is 0.0385. The van der Waals surface area contributed by atoms with Crippen LogP contribution in [0.3, 0.4) is 0 Å². The van der Waals surface area contributed by atoms with Crippen LogP contribution in [0.4, 0.5) is 17.1 Å². The number of para-hydroxylation sites is 2. The predicted molar refractivity (Wildman–Crippen MR) is 238 cm³/mol. The molecule has 0 amide bonds. The number of allylic oxidation sites excluding steroid dienone is 2. The number of nitrogens with one attached hydrogen (secondary N) is 2. The molecule has 9 aromatic rings. The van der Waals surface area contributed by atoms with E-state index in [1.807, 2.05) is 17.4 Å². The Hall–Kier alpha value is -6.68. The van der Waals surface area contributed by atoms with Crippen LogP contribution in [0.25, 0.3) is 69.9 Å². The molecule has 55 heavy (non-hydrogen) atoms. The third-order valence-corrected chi connectivity index (χ3v) is 11.9. The van der Waals surface area contributed by atoms with Crippen molar-refractivity contribution < 1.29 is 0 Å². The van der Waals surface area contributed by atoms with Gasteiger partial charge in [0.15, 0.2) is 0 Å². The molecule has 2 N–H and O–H groups in total. The zero-order valence-electron chi connectivity index (χ0n) is 30.2. The van der Waals surface area contributed by atoms with Gasteiger partial charge in [-0.2, -0.15) is 0 Å². The van der Waals surface area contributed by atoms with Crippen LogP contribution in [0, 0.1) is 0 Å². The maximum Gasteiger partial charge on any atom is 0.0554 e. The van der Waals surface area contributed by atoms with Crippen LogP contribution in [-0.4, -0.2) is 6.04 Å². The summed E-state index contributed by atoms with van der Waals surface area (Å²) in [7, 11) is 0. The lowest BCUT2D eigenvalue weighted by molar-refractivity contribution is 0.902. The normalized spacial score (nSPS) is 14.0. The molecule has 8 aromatic carbocycles. The largest absolute Gasteiger partial charge is 0.378 e. The van der Waals surface area contributed by atoms with Gasteiger partial charge in [0.05, 0.1) is 6.04 Å². The number of thiophene rings is 1. The molecule has 10 rings (SSSR count). The van der Waals surface area contributed by atoms with Gasteiger partial charge in [0.1, 0.15) is 0 Å². The van der Waals surface area contributed by atoms with Gasteiger partial charge in [-0.1, -0.05) is 146 Å². The van der Waals surface area contributed by atoms with Crippen molar-refractivity contribution in [3.8, 4) is 33.4 Å². The number of anilines is 3. The molecule has 0 fully saturated rings. The molecule has 0 radical (unpaired) electrons. The molecule has 2 nitrogen and oxygen atoms in total. The lowest BCUT2D eigenvalue weighted by atomic mass is 9.90. The highest BCUT2D eigenvalue weighted by Crippen LogP contribution is 2.38. The van der Waals surface area contributed by atoms with Crippen LogP contribution < -0.4 is 10.6 Å². The summed E-state index contributed by atoms with van der Waals surface area (Å²) in [5.74, 6) is 0. The smallest absolute Gasteiger partial charge is 0.0554 e. The van der Waals surface area contributed by atoms with E-state index in [0.717, 1.165) is 23.5 Å². The van der Waals surface area contributed by atoms with E-state index >= 15 is 0 Å². The Labute approximate surface area is 325 Å². The van der Waals surface area contributed by atoms with Gasteiger partial charge in [-0.25, -0.2) is 0 Å². The average molecular weight is 723 g/mol. The molecule has 1 aromatic heterocycles. The van der Waals surface area contributed by atoms with Crippen LogP contribution in [0.1, 0.15) is 12.0 Å². The van der Waals surface area contributed by atoms with Crippen molar-refractivity contribution in [3.63, 3.8) is 0 Å². The van der Waals surface area contributed by atoms with E-state index in [0.29, 0.717) is 0 Å². The molecule has 0 saturated carbocycles. The van der Waals surface area contributed by atoms with Crippen molar-refractivity contribution in [1.82, 2.24) is 0 Å². The second-order valence-electron chi connectivity index (χ2n) is 14.3. The van der Waals surface area contributed by atoms with Crippen LogP contribution in [0.2, 0.25) is 0 Å². The van der Waals surface area contributed by atoms with E-state index in [-0.39, 0.29) is 6.04 Å². The summed E-state index contributed by atoms with van der Waals surface area (Å²) >= 11 is 1.87. The summed E-state index contributed by atoms with van der Waals surface area (Å²) in [4.78, 5) is 0. The van der Waals surface area contributed by atoms with E-state index in [2.05, 4.69) is 205 Å². The Morgan fingerprint density at radius 1 is 0.455 bits per heavy atom. The van der Waals surface area contributed by atoms with Gasteiger partial charge in [-0.15, -0.1) is 11.3 Å². The first-order valence-corrected chi connectivity index (χ1v) is 19.7. The number of rotatable bonds is 8. The molecule has 1 aliphatic carbocycles. The van der Waals surface area contributed by atoms with Crippen molar-refractivity contribution in [2.24, 2.45) is 0 Å². The molecular formula is C52H38N2S. The lowest BCUT2D eigenvalue weighted by Crippen LogP contribution is -2.22. The van der Waals surface area contributed by atoms with Crippen molar-refractivity contribution in [2.75, 3.05) is 10.6 Å². The Morgan fingerprint density at radius 3 is 1.95 bits per heavy atom. The summed E-state index contributed by atoms with van der Waals surface area (Å²) in [6, 6.07) is 66.1. The van der Waals surface area contributed by atoms with Crippen molar-refractivity contribution in [1.29, 1.82) is 0 Å². The van der Waals surface area contributed by atoms with Crippen molar-refractivity contribution in [3.05, 3.63) is 206 Å². The number of hydrogen-bond donors (Lipinski definition) is 2. The summed E-state index contributed by atoms with van der Waals surface area (Å²) < 4.78 is 2.68. The minimum absolute atomic E-state index is 0.184. The minimum atomic E-state index is 0.184. The molecule has 0 saturated heterocycles. The predicted octanol–water partition coefficient (Wildman–Crippen LogP) is 14.8. The molecular weight excluding hydrogens is 685 g/mol. The summed E-state index contributed by atoms with van der Waals surface area (Å²) in [5, 5.41) is 12.6. The van der Waals surface area contributed by atoms with Crippen LogP contribution in [0.5, 0.6) is 0 Å². The second kappa shape index (κ2) is 14.3. The minimum Gasteiger partial charge on any atom is -0.378 e. The van der Waals surface area contributed by atoms with Gasteiger partial charge >= 0.3 is 0 Å². The lowest BCUT2D eigenvalue weighted by Gasteiger charge is -2.25. The van der Waals surface area contributed by atoms with Crippen LogP contribution in [-0.2, 0) is 0 Å². The van der Waals surface area contributed by atoms with E-state index in [1.54, 1.807) is 0 Å². The van der Waals surface area contributed by atoms with Gasteiger partial charge in [-0.05, 0) is 111 Å². The van der Waals surface area contributed by atoms with E-state index in [4.69, 9.17) is 0 Å². The van der Waals surface area contributed by atoms with Gasteiger partial charge in [0.2, 0.25) is 0 Å². The van der Waals surface area contributed by atoms with Gasteiger partial charge < -0.3 is 10.6 Å². The number of benzene rings is 8. The highest BCUT2D eigenvalue weighted by atomic mass is 32.1. The van der Waals surface area contributed by atoms with Crippen LogP contribution in [0.15, 0.2) is 200 Å². The van der Waals surface area contributed by atoms with Gasteiger partial charge in [0, 0.05) is 42.8 Å². The third kappa shape index (κ3) is 6.60. The zero-order valence-corrected chi connectivity index (χ0v) is 31.1. The highest BCUT2D eigenvalue weighted by molar-refractivity contribution is 7.25. The monoisotopic (exact) mass is 722 g/mol. The second-order valence-corrected chi connectivity index (χ2v) is 15.3. The number of fused-ring (bicyclic) bond motifs is 4. The van der Waals surface area contributed by atoms with E-state index < -0.39 is 0 Å². The molecule has 262 valence electrons. The Morgan fingerprint density at radius 2 is 1.09 bits per heavy atom. The highest BCUT2D eigenvalue weighted by Gasteiger charge is 2.18. The Balaban J connectivity index is 0.848. The number of hydrogen-bond acceptors (Lipinski definition) is 3. The fourth-order valence-corrected chi connectivity index (χ4v) is 8.99. The first-order valence-electron chi connectivity index (χ1n) is 18.9. The molecule has 1 aliphatic rings. The van der Waals surface area contributed by atoms with Gasteiger partial charge in [0.25, 0.3) is 0 Å². The third-order valence-electron chi connectivity index (χ3n) is 10.8.